The van der Waals surface area contributed by atoms with Crippen LogP contribution in [0, 0.1) is 6.92 Å². The van der Waals surface area contributed by atoms with E-state index in [0.717, 1.165) is 11.1 Å². The predicted molar refractivity (Wildman–Crippen MR) is 87.4 cm³/mol. The molecule has 3 heteroatoms. The smallest absolute Gasteiger partial charge is 0.312 e. The van der Waals surface area contributed by atoms with Gasteiger partial charge < -0.3 is 4.84 Å². The lowest BCUT2D eigenvalue weighted by Gasteiger charge is -1.98. The van der Waals surface area contributed by atoms with Crippen molar-refractivity contribution < 1.29 is 9.63 Å². The van der Waals surface area contributed by atoms with E-state index in [1.54, 1.807) is 6.08 Å². The molecule has 0 saturated heterocycles. The van der Waals surface area contributed by atoms with E-state index < -0.39 is 5.97 Å². The zero-order valence-electron chi connectivity index (χ0n) is 12.2. The molecule has 0 amide bonds. The summed E-state index contributed by atoms with van der Waals surface area (Å²) < 4.78 is 0. The lowest BCUT2D eigenvalue weighted by atomic mass is 10.0. The number of hydrogen-bond donors (Lipinski definition) is 0. The first kappa shape index (κ1) is 14.0. The fraction of sp³-hybridized carbons (Fsp3) is 0.0526. The summed E-state index contributed by atoms with van der Waals surface area (Å²) in [6.07, 6.45) is 5.52. The molecule has 108 valence electrons. The number of carbonyl (C=O) groups excluding carboxylic acids is 1. The van der Waals surface area contributed by atoms with Crippen LogP contribution in [0.1, 0.15) is 16.7 Å². The van der Waals surface area contributed by atoms with Crippen molar-refractivity contribution in [2.45, 2.75) is 6.92 Å². The number of hydrogen-bond acceptors (Lipinski definition) is 3. The number of benzene rings is 2. The van der Waals surface area contributed by atoms with Gasteiger partial charge in [-0.3, -0.25) is 0 Å². The Morgan fingerprint density at radius 3 is 2.45 bits per heavy atom. The van der Waals surface area contributed by atoms with Crippen LogP contribution in [0.2, 0.25) is 0 Å². The van der Waals surface area contributed by atoms with Crippen molar-refractivity contribution >= 4 is 17.8 Å². The molecule has 2 aromatic carbocycles. The standard InChI is InChI=1S/C19H15NO2/c1-14-10-12-15(13-11-14)6-5-9-17-18(20-22-19(17)21)16-7-3-2-4-8-16/h2-13H,1H3/b6-5+,17-9+. The summed E-state index contributed by atoms with van der Waals surface area (Å²) in [4.78, 5) is 16.6. The minimum atomic E-state index is -0.424. The normalized spacial score (nSPS) is 16.1. The fourth-order valence-corrected chi connectivity index (χ4v) is 2.17. The molecule has 0 bridgehead atoms. The molecule has 3 rings (SSSR count). The number of allylic oxidation sites excluding steroid dienone is 2. The van der Waals surface area contributed by atoms with Crippen molar-refractivity contribution in [3.63, 3.8) is 0 Å². The Balaban J connectivity index is 1.84. The minimum Gasteiger partial charge on any atom is -0.312 e. The van der Waals surface area contributed by atoms with Gasteiger partial charge in [0.2, 0.25) is 0 Å². The van der Waals surface area contributed by atoms with Crippen molar-refractivity contribution in [1.82, 2.24) is 0 Å². The lowest BCUT2D eigenvalue weighted by Crippen LogP contribution is -2.06. The number of carbonyl (C=O) groups is 1. The fourth-order valence-electron chi connectivity index (χ4n) is 2.17. The Morgan fingerprint density at radius 2 is 1.73 bits per heavy atom. The van der Waals surface area contributed by atoms with E-state index in [4.69, 9.17) is 4.84 Å². The van der Waals surface area contributed by atoms with Gasteiger partial charge in [0.25, 0.3) is 0 Å². The molecule has 0 radical (unpaired) electrons. The third-order valence-corrected chi connectivity index (χ3v) is 3.37. The zero-order chi connectivity index (χ0) is 15.4. The molecule has 0 atom stereocenters. The number of rotatable bonds is 3. The maximum absolute atomic E-state index is 11.8. The maximum atomic E-state index is 11.8. The molecule has 1 aliphatic heterocycles. The molecular weight excluding hydrogens is 274 g/mol. The summed E-state index contributed by atoms with van der Waals surface area (Å²) in [6, 6.07) is 17.7. The molecule has 0 aliphatic carbocycles. The van der Waals surface area contributed by atoms with E-state index in [1.807, 2.05) is 73.7 Å². The Morgan fingerprint density at radius 1 is 1.00 bits per heavy atom. The van der Waals surface area contributed by atoms with Crippen LogP contribution >= 0.6 is 0 Å². The molecule has 1 aliphatic rings. The minimum absolute atomic E-state index is 0.424. The summed E-state index contributed by atoms with van der Waals surface area (Å²) >= 11 is 0. The van der Waals surface area contributed by atoms with E-state index in [9.17, 15) is 4.79 Å². The summed E-state index contributed by atoms with van der Waals surface area (Å²) in [6.45, 7) is 2.05. The third-order valence-electron chi connectivity index (χ3n) is 3.37. The Bertz CT molecular complexity index is 769. The Hall–Kier alpha value is -2.94. The highest BCUT2D eigenvalue weighted by atomic mass is 16.7. The monoisotopic (exact) mass is 289 g/mol. The van der Waals surface area contributed by atoms with Gasteiger partial charge in [-0.2, -0.15) is 0 Å². The highest BCUT2D eigenvalue weighted by Gasteiger charge is 2.25. The van der Waals surface area contributed by atoms with Gasteiger partial charge in [-0.25, -0.2) is 4.79 Å². The van der Waals surface area contributed by atoms with Gasteiger partial charge in [0.1, 0.15) is 5.71 Å². The van der Waals surface area contributed by atoms with Gasteiger partial charge >= 0.3 is 5.97 Å². The lowest BCUT2D eigenvalue weighted by molar-refractivity contribution is -0.136. The third kappa shape index (κ3) is 3.04. The van der Waals surface area contributed by atoms with Crippen LogP contribution in [0.5, 0.6) is 0 Å². The van der Waals surface area contributed by atoms with Crippen LogP contribution in [0.4, 0.5) is 0 Å². The van der Waals surface area contributed by atoms with Crippen molar-refractivity contribution in [1.29, 1.82) is 0 Å². The van der Waals surface area contributed by atoms with Crippen molar-refractivity contribution in [3.8, 4) is 0 Å². The van der Waals surface area contributed by atoms with Gasteiger partial charge in [0, 0.05) is 5.56 Å². The van der Waals surface area contributed by atoms with Crippen LogP contribution < -0.4 is 0 Å². The van der Waals surface area contributed by atoms with Crippen molar-refractivity contribution in [2.75, 3.05) is 0 Å². The molecule has 1 heterocycles. The molecule has 0 spiro atoms. The molecule has 2 aromatic rings. The molecule has 0 unspecified atom stereocenters. The largest absolute Gasteiger partial charge is 0.368 e. The SMILES string of the molecule is Cc1ccc(/C=C/C=C2/C(=O)ON=C2c2ccccc2)cc1. The first-order valence-electron chi connectivity index (χ1n) is 7.04. The predicted octanol–water partition coefficient (Wildman–Crippen LogP) is 3.90. The summed E-state index contributed by atoms with van der Waals surface area (Å²) in [7, 11) is 0. The quantitative estimate of drug-likeness (QED) is 0.635. The van der Waals surface area contributed by atoms with E-state index in [2.05, 4.69) is 5.16 Å². The van der Waals surface area contributed by atoms with Gasteiger partial charge in [0.05, 0.1) is 5.57 Å². The van der Waals surface area contributed by atoms with Crippen molar-refractivity contribution in [3.05, 3.63) is 89.0 Å². The summed E-state index contributed by atoms with van der Waals surface area (Å²) in [5.74, 6) is -0.424. The average Bonchev–Trinajstić information content (AvgIpc) is 2.91. The zero-order valence-corrected chi connectivity index (χ0v) is 12.2. The molecule has 0 saturated carbocycles. The maximum Gasteiger partial charge on any atom is 0.368 e. The molecule has 22 heavy (non-hydrogen) atoms. The van der Waals surface area contributed by atoms with Gasteiger partial charge in [-0.05, 0) is 18.6 Å². The first-order chi connectivity index (χ1) is 10.7. The number of oxime groups is 1. The Kier molecular flexibility index (Phi) is 3.97. The second-order valence-corrected chi connectivity index (χ2v) is 5.03. The molecule has 0 fully saturated rings. The van der Waals surface area contributed by atoms with E-state index in [0.29, 0.717) is 11.3 Å². The van der Waals surface area contributed by atoms with Crippen molar-refractivity contribution in [2.24, 2.45) is 5.16 Å². The second-order valence-electron chi connectivity index (χ2n) is 5.03. The highest BCUT2D eigenvalue weighted by molar-refractivity contribution is 6.29. The summed E-state index contributed by atoms with van der Waals surface area (Å²) in [5, 5.41) is 3.87. The van der Waals surface area contributed by atoms with Crippen LogP contribution in [0.25, 0.3) is 6.08 Å². The molecule has 3 nitrogen and oxygen atoms in total. The molecule has 0 aromatic heterocycles. The average molecular weight is 289 g/mol. The topological polar surface area (TPSA) is 38.7 Å². The second kappa shape index (κ2) is 6.22. The van der Waals surface area contributed by atoms with Gasteiger partial charge in [-0.1, -0.05) is 77.5 Å². The van der Waals surface area contributed by atoms with Gasteiger partial charge in [0.15, 0.2) is 0 Å². The van der Waals surface area contributed by atoms with Gasteiger partial charge in [-0.15, -0.1) is 0 Å². The molecular formula is C19H15NO2. The summed E-state index contributed by atoms with van der Waals surface area (Å²) in [5.41, 5.74) is 4.19. The van der Waals surface area contributed by atoms with E-state index in [-0.39, 0.29) is 0 Å². The molecule has 0 N–H and O–H groups in total. The first-order valence-corrected chi connectivity index (χ1v) is 7.04. The number of nitrogens with zero attached hydrogens (tertiary/aromatic N) is 1. The highest BCUT2D eigenvalue weighted by Crippen LogP contribution is 2.18. The van der Waals surface area contributed by atoms with Crippen LogP contribution in [-0.4, -0.2) is 11.7 Å². The van der Waals surface area contributed by atoms with Crippen LogP contribution in [0.3, 0.4) is 0 Å². The van der Waals surface area contributed by atoms with Crippen LogP contribution in [0.15, 0.2) is 77.5 Å². The Labute approximate surface area is 129 Å². The van der Waals surface area contributed by atoms with E-state index in [1.165, 1.54) is 5.56 Å². The number of aryl methyl sites for hydroxylation is 1. The van der Waals surface area contributed by atoms with E-state index >= 15 is 0 Å². The van der Waals surface area contributed by atoms with Crippen LogP contribution in [-0.2, 0) is 9.63 Å².